The quantitative estimate of drug-likeness (QED) is 0.857. The van der Waals surface area contributed by atoms with Crippen molar-refractivity contribution < 1.29 is 9.18 Å². The molecular formula is C16H16ClFN2O. The van der Waals surface area contributed by atoms with Gasteiger partial charge in [-0.15, -0.1) is 0 Å². The summed E-state index contributed by atoms with van der Waals surface area (Å²) in [5.41, 5.74) is 2.47. The normalized spacial score (nSPS) is 10.2. The fraction of sp³-hybridized carbons (Fsp3) is 0.188. The SMILES string of the molecule is CCC(=O)Nc1ccc(NCc2ccc(F)cc2Cl)cc1. The topological polar surface area (TPSA) is 41.1 Å². The zero-order valence-electron chi connectivity index (χ0n) is 11.6. The number of carbonyl (C=O) groups is 1. The molecule has 0 radical (unpaired) electrons. The standard InChI is InChI=1S/C16H16ClFN2O/c1-2-16(21)20-14-7-5-13(6-8-14)19-10-11-3-4-12(18)9-15(11)17/h3-9,19H,2,10H2,1H3,(H,20,21). The molecule has 21 heavy (non-hydrogen) atoms. The Bertz CT molecular complexity index is 629. The fourth-order valence-electron chi connectivity index (χ4n) is 1.78. The first kappa shape index (κ1) is 15.3. The van der Waals surface area contributed by atoms with Crippen LogP contribution in [0.15, 0.2) is 42.5 Å². The van der Waals surface area contributed by atoms with Gasteiger partial charge in [0.05, 0.1) is 0 Å². The van der Waals surface area contributed by atoms with Crippen molar-refractivity contribution in [1.29, 1.82) is 0 Å². The minimum absolute atomic E-state index is 0.0196. The molecule has 0 bridgehead atoms. The van der Waals surface area contributed by atoms with Crippen molar-refractivity contribution in [2.24, 2.45) is 0 Å². The largest absolute Gasteiger partial charge is 0.381 e. The summed E-state index contributed by atoms with van der Waals surface area (Å²) in [5.74, 6) is -0.367. The summed E-state index contributed by atoms with van der Waals surface area (Å²) in [6, 6.07) is 11.7. The van der Waals surface area contributed by atoms with Crippen LogP contribution in [-0.4, -0.2) is 5.91 Å². The van der Waals surface area contributed by atoms with E-state index in [0.29, 0.717) is 18.0 Å². The van der Waals surface area contributed by atoms with E-state index in [4.69, 9.17) is 11.6 Å². The molecule has 0 aliphatic heterocycles. The van der Waals surface area contributed by atoms with E-state index >= 15 is 0 Å². The van der Waals surface area contributed by atoms with E-state index in [2.05, 4.69) is 10.6 Å². The first-order valence-corrected chi connectivity index (χ1v) is 7.04. The number of benzene rings is 2. The van der Waals surface area contributed by atoms with E-state index in [9.17, 15) is 9.18 Å². The molecule has 5 heteroatoms. The average molecular weight is 307 g/mol. The Morgan fingerprint density at radius 1 is 1.14 bits per heavy atom. The molecule has 0 saturated heterocycles. The molecule has 0 aromatic heterocycles. The highest BCUT2D eigenvalue weighted by Crippen LogP contribution is 2.19. The Hall–Kier alpha value is -2.07. The molecule has 110 valence electrons. The number of hydrogen-bond donors (Lipinski definition) is 2. The molecule has 0 fully saturated rings. The number of amides is 1. The van der Waals surface area contributed by atoms with Crippen molar-refractivity contribution in [3.63, 3.8) is 0 Å². The van der Waals surface area contributed by atoms with Crippen molar-refractivity contribution in [3.05, 3.63) is 58.9 Å². The van der Waals surface area contributed by atoms with E-state index in [-0.39, 0.29) is 11.7 Å². The fourth-order valence-corrected chi connectivity index (χ4v) is 2.02. The Kier molecular flexibility index (Phi) is 5.17. The molecule has 0 saturated carbocycles. The van der Waals surface area contributed by atoms with Gasteiger partial charge >= 0.3 is 0 Å². The lowest BCUT2D eigenvalue weighted by Crippen LogP contribution is -2.09. The summed E-state index contributed by atoms with van der Waals surface area (Å²) in [7, 11) is 0. The monoisotopic (exact) mass is 306 g/mol. The molecule has 0 spiro atoms. The van der Waals surface area contributed by atoms with E-state index in [1.807, 2.05) is 24.3 Å². The van der Waals surface area contributed by atoms with Crippen molar-refractivity contribution >= 4 is 28.9 Å². The van der Waals surface area contributed by atoms with Crippen LogP contribution >= 0.6 is 11.6 Å². The first-order valence-electron chi connectivity index (χ1n) is 6.66. The summed E-state index contributed by atoms with van der Waals surface area (Å²) in [5, 5.41) is 6.37. The summed E-state index contributed by atoms with van der Waals surface area (Å²) in [6.45, 7) is 2.30. The van der Waals surface area contributed by atoms with Gasteiger partial charge in [-0.1, -0.05) is 24.6 Å². The third kappa shape index (κ3) is 4.46. The Labute approximate surface area is 128 Å². The van der Waals surface area contributed by atoms with Crippen LogP contribution in [0.5, 0.6) is 0 Å². The predicted molar refractivity (Wildman–Crippen MR) is 84.1 cm³/mol. The maximum absolute atomic E-state index is 12.9. The van der Waals surface area contributed by atoms with Crippen LogP contribution in [-0.2, 0) is 11.3 Å². The second-order valence-corrected chi connectivity index (χ2v) is 4.98. The van der Waals surface area contributed by atoms with Crippen molar-refractivity contribution in [3.8, 4) is 0 Å². The summed E-state index contributed by atoms with van der Waals surface area (Å²) in [4.78, 5) is 11.3. The van der Waals surface area contributed by atoms with Gasteiger partial charge in [-0.2, -0.15) is 0 Å². The van der Waals surface area contributed by atoms with Crippen molar-refractivity contribution in [2.45, 2.75) is 19.9 Å². The van der Waals surface area contributed by atoms with Gasteiger partial charge in [0.15, 0.2) is 0 Å². The third-order valence-electron chi connectivity index (χ3n) is 2.99. The van der Waals surface area contributed by atoms with Gasteiger partial charge in [0.25, 0.3) is 0 Å². The zero-order chi connectivity index (χ0) is 15.2. The smallest absolute Gasteiger partial charge is 0.224 e. The molecule has 0 atom stereocenters. The van der Waals surface area contributed by atoms with E-state index in [0.717, 1.165) is 16.9 Å². The molecule has 0 unspecified atom stereocenters. The molecule has 0 aliphatic carbocycles. The Morgan fingerprint density at radius 2 is 1.81 bits per heavy atom. The molecule has 2 rings (SSSR count). The number of hydrogen-bond acceptors (Lipinski definition) is 2. The molecule has 3 nitrogen and oxygen atoms in total. The predicted octanol–water partition coefficient (Wildman–Crippen LogP) is 4.44. The van der Waals surface area contributed by atoms with Gasteiger partial charge in [-0.3, -0.25) is 4.79 Å². The minimum atomic E-state index is -0.347. The lowest BCUT2D eigenvalue weighted by atomic mass is 10.2. The number of nitrogens with one attached hydrogen (secondary N) is 2. The molecular weight excluding hydrogens is 291 g/mol. The number of halogens is 2. The van der Waals surface area contributed by atoms with Crippen molar-refractivity contribution in [2.75, 3.05) is 10.6 Å². The van der Waals surface area contributed by atoms with Crippen molar-refractivity contribution in [1.82, 2.24) is 0 Å². The summed E-state index contributed by atoms with van der Waals surface area (Å²) < 4.78 is 12.9. The number of carbonyl (C=O) groups excluding carboxylic acids is 1. The van der Waals surface area contributed by atoms with Gasteiger partial charge in [0, 0.05) is 29.4 Å². The molecule has 0 heterocycles. The summed E-state index contributed by atoms with van der Waals surface area (Å²) >= 11 is 5.97. The highest BCUT2D eigenvalue weighted by atomic mass is 35.5. The first-order chi connectivity index (χ1) is 10.1. The van der Waals surface area contributed by atoms with Crippen LogP contribution in [0.3, 0.4) is 0 Å². The molecule has 2 aromatic rings. The zero-order valence-corrected chi connectivity index (χ0v) is 12.4. The molecule has 2 N–H and O–H groups in total. The highest BCUT2D eigenvalue weighted by Gasteiger charge is 2.03. The second kappa shape index (κ2) is 7.09. The lowest BCUT2D eigenvalue weighted by Gasteiger charge is -2.09. The maximum atomic E-state index is 12.9. The van der Waals surface area contributed by atoms with Crippen LogP contribution in [0.2, 0.25) is 5.02 Å². The van der Waals surface area contributed by atoms with Crippen LogP contribution in [0.1, 0.15) is 18.9 Å². The van der Waals surface area contributed by atoms with Gasteiger partial charge < -0.3 is 10.6 Å². The van der Waals surface area contributed by atoms with Crippen LogP contribution in [0, 0.1) is 5.82 Å². The minimum Gasteiger partial charge on any atom is -0.381 e. The van der Waals surface area contributed by atoms with Gasteiger partial charge in [0.2, 0.25) is 5.91 Å². The Balaban J connectivity index is 1.96. The Morgan fingerprint density at radius 3 is 2.43 bits per heavy atom. The summed E-state index contributed by atoms with van der Waals surface area (Å²) in [6.07, 6.45) is 0.447. The van der Waals surface area contributed by atoms with Crippen LogP contribution < -0.4 is 10.6 Å². The maximum Gasteiger partial charge on any atom is 0.224 e. The number of rotatable bonds is 5. The van der Waals surface area contributed by atoms with Gasteiger partial charge in [-0.05, 0) is 42.0 Å². The average Bonchev–Trinajstić information content (AvgIpc) is 2.48. The van der Waals surface area contributed by atoms with E-state index < -0.39 is 0 Å². The van der Waals surface area contributed by atoms with E-state index in [1.165, 1.54) is 12.1 Å². The van der Waals surface area contributed by atoms with Crippen LogP contribution in [0.25, 0.3) is 0 Å². The lowest BCUT2D eigenvalue weighted by molar-refractivity contribution is -0.115. The third-order valence-corrected chi connectivity index (χ3v) is 3.34. The molecule has 0 aliphatic rings. The number of anilines is 2. The van der Waals surface area contributed by atoms with Gasteiger partial charge in [0.1, 0.15) is 5.82 Å². The molecule has 1 amide bonds. The van der Waals surface area contributed by atoms with Crippen LogP contribution in [0.4, 0.5) is 15.8 Å². The van der Waals surface area contributed by atoms with Gasteiger partial charge in [-0.25, -0.2) is 4.39 Å². The second-order valence-electron chi connectivity index (χ2n) is 4.57. The van der Waals surface area contributed by atoms with E-state index in [1.54, 1.807) is 13.0 Å². The molecule has 2 aromatic carbocycles. The highest BCUT2D eigenvalue weighted by molar-refractivity contribution is 6.31.